The number of rotatable bonds is 10. The number of ketones is 2. The van der Waals surface area contributed by atoms with Gasteiger partial charge in [0.05, 0.1) is 60.1 Å². The molecular weight excluding hydrogens is 835 g/mol. The average Bonchev–Trinajstić information content (AvgIpc) is 3.06. The van der Waals surface area contributed by atoms with Crippen molar-refractivity contribution in [3.63, 3.8) is 0 Å². The fraction of sp³-hybridized carbons (Fsp3) is 0.0333. The first-order valence-corrected chi connectivity index (χ1v) is 18.4. The van der Waals surface area contributed by atoms with Crippen molar-refractivity contribution >= 4 is 95.8 Å². The Morgan fingerprint density at radius 2 is 1.27 bits per heavy atom. The molecule has 270 valence electrons. The molecule has 1 heterocycles. The zero-order chi connectivity index (χ0) is 37.8. The van der Waals surface area contributed by atoms with Crippen LogP contribution in [0, 0.1) is 0 Å². The van der Waals surface area contributed by atoms with Gasteiger partial charge in [-0.2, -0.15) is 19.3 Å². The first-order valence-electron chi connectivity index (χ1n) is 14.1. The van der Waals surface area contributed by atoms with E-state index in [-0.39, 0.29) is 145 Å². The molecule has 0 spiro atoms. The van der Waals surface area contributed by atoms with Crippen molar-refractivity contribution in [1.29, 1.82) is 0 Å². The van der Waals surface area contributed by atoms with Crippen LogP contribution in [-0.2, 0) is 29.6 Å². The number of halogens is 1. The molecule has 0 unspecified atom stereocenters. The van der Waals surface area contributed by atoms with Gasteiger partial charge in [-0.05, 0) is 48.0 Å². The van der Waals surface area contributed by atoms with E-state index in [0.29, 0.717) is 24.0 Å². The summed E-state index contributed by atoms with van der Waals surface area (Å²) in [6.45, 7) is 0. The average molecular weight is 856 g/mol. The number of para-hydroxylation sites is 1. The van der Waals surface area contributed by atoms with Crippen LogP contribution in [0.15, 0.2) is 88.7 Å². The zero-order valence-electron chi connectivity index (χ0n) is 29.0. The second kappa shape index (κ2) is 21.0. The number of hydrogen-bond acceptors (Lipinski definition) is 19. The van der Waals surface area contributed by atoms with Crippen LogP contribution in [0.2, 0.25) is 5.28 Å². The number of anilines is 7. The van der Waals surface area contributed by atoms with Gasteiger partial charge in [0.25, 0.3) is 0 Å². The number of nitrogens with one attached hydrogen (secondary N) is 3. The normalized spacial score (nSPS) is 11.6. The van der Waals surface area contributed by atoms with E-state index in [1.165, 1.54) is 36.4 Å². The molecule has 1 aromatic heterocycles. The Bertz CT molecular complexity index is 2430. The minimum absolute atomic E-state index is 0. The quantitative estimate of drug-likeness (QED) is 0.0249. The van der Waals surface area contributed by atoms with Crippen LogP contribution < -0.4 is 116 Å². The summed E-state index contributed by atoms with van der Waals surface area (Å²) in [6.07, 6.45) is 0.604. The molecule has 1 aliphatic carbocycles. The predicted molar refractivity (Wildman–Crippen MR) is 183 cm³/mol. The second-order valence-corrected chi connectivity index (χ2v) is 14.2. The number of nitrogens with zero attached hydrogens (tertiary/aromatic N) is 3. The molecule has 4 aromatic carbocycles. The van der Waals surface area contributed by atoms with Crippen LogP contribution in [0.4, 0.5) is 40.3 Å². The van der Waals surface area contributed by atoms with E-state index in [1.54, 1.807) is 18.2 Å². The molecule has 55 heavy (non-hydrogen) atoms. The molecule has 5 aromatic rings. The fourth-order valence-corrected chi connectivity index (χ4v) is 6.09. The van der Waals surface area contributed by atoms with E-state index in [1.807, 2.05) is 18.2 Å². The number of hydrogen-bond donors (Lipinski definition) is 4. The van der Waals surface area contributed by atoms with Gasteiger partial charge in [0.1, 0.15) is 10.1 Å². The number of nitrogen functional groups attached to an aromatic ring is 1. The summed E-state index contributed by atoms with van der Waals surface area (Å²) in [4.78, 5) is 38.8. The van der Waals surface area contributed by atoms with Crippen LogP contribution >= 0.6 is 23.6 Å². The van der Waals surface area contributed by atoms with E-state index in [4.69, 9.17) is 30.3 Å². The first-order chi connectivity index (χ1) is 24.5. The summed E-state index contributed by atoms with van der Waals surface area (Å²) in [5.74, 6) is -1.21. The van der Waals surface area contributed by atoms with E-state index in [2.05, 4.69) is 40.3 Å². The second-order valence-electron chi connectivity index (χ2n) is 10.4. The van der Waals surface area contributed by atoms with Crippen molar-refractivity contribution in [3.05, 3.63) is 106 Å². The van der Waals surface area contributed by atoms with E-state index in [0.717, 1.165) is 6.07 Å². The molecule has 25 heteroatoms. The van der Waals surface area contributed by atoms with E-state index in [9.17, 15) is 27.8 Å². The Morgan fingerprint density at radius 1 is 0.727 bits per heavy atom. The van der Waals surface area contributed by atoms with Crippen molar-refractivity contribution in [3.8, 4) is 0 Å². The summed E-state index contributed by atoms with van der Waals surface area (Å²) in [5, 5.41) is 22.9. The molecule has 0 saturated carbocycles. The van der Waals surface area contributed by atoms with Gasteiger partial charge in [0.2, 0.25) is 17.2 Å². The van der Waals surface area contributed by atoms with Crippen molar-refractivity contribution < 1.29 is 139 Å². The molecule has 0 saturated heterocycles. The van der Waals surface area contributed by atoms with Gasteiger partial charge < -0.3 is 36.0 Å². The summed E-state index contributed by atoms with van der Waals surface area (Å²) < 4.78 is 68.2. The Hall–Kier alpha value is -2.23. The van der Waals surface area contributed by atoms with Gasteiger partial charge >= 0.3 is 88.7 Å². The summed E-state index contributed by atoms with van der Waals surface area (Å²) in [5.41, 5.74) is 5.80. The molecule has 0 aliphatic heterocycles. The van der Waals surface area contributed by atoms with Crippen molar-refractivity contribution in [1.82, 2.24) is 15.0 Å². The molecule has 0 atom stereocenters. The molecule has 5 N–H and O–H groups in total. The minimum atomic E-state index is -5.19. The Kier molecular flexibility index (Phi) is 18.7. The molecule has 18 nitrogen and oxygen atoms in total. The van der Waals surface area contributed by atoms with Crippen molar-refractivity contribution in [2.75, 3.05) is 27.9 Å². The predicted octanol–water partition coefficient (Wildman–Crippen LogP) is -5.58. The maximum atomic E-state index is 13.6. The third kappa shape index (κ3) is 12.9. The maximum absolute atomic E-state index is 13.6. The smallest absolute Gasteiger partial charge is 0.748 e. The van der Waals surface area contributed by atoms with Crippen LogP contribution in [0.25, 0.3) is 0 Å². The zero-order valence-corrected chi connectivity index (χ0v) is 38.2. The Balaban J connectivity index is 0.00000123. The monoisotopic (exact) mass is 855 g/mol. The first kappa shape index (κ1) is 48.9. The van der Waals surface area contributed by atoms with E-state index < -0.39 is 47.9 Å². The van der Waals surface area contributed by atoms with Gasteiger partial charge in [0, 0.05) is 28.8 Å². The van der Waals surface area contributed by atoms with Crippen molar-refractivity contribution in [2.24, 2.45) is 0 Å². The molecule has 0 bridgehead atoms. The number of benzene rings is 4. The molecule has 6 rings (SSSR count). The number of fused-ring (bicyclic) bond motifs is 2. The molecule has 1 aliphatic rings. The molecule has 0 amide bonds. The standard InChI is InChI=1S/C29H20ClN7O8S2.CH4O3S.3Na/c30-27-35-28(33-14-6-2-1-3-7-14)37-29(36-27)34-18-11-10-15(12-20(18)46-45-44-40)32-19-13-21(47(41,42)43)24(31)23-22(19)25(38)16-8-4-5-9-17(16)26(23)39;1-5(2,3)4;;;/h1-13,32,40H,31H2,(H,41,42,43)(H2,33,34,35,36,37);1H3,(H,2,3,4);;;/q;;3*+1/p-3. The number of carbonyl (C=O) groups excluding carboxylic acids is 2. The third-order valence-electron chi connectivity index (χ3n) is 6.77. The van der Waals surface area contributed by atoms with Gasteiger partial charge in [-0.25, -0.2) is 16.8 Å². The summed E-state index contributed by atoms with van der Waals surface area (Å²) >= 11 is 6.61. The van der Waals surface area contributed by atoms with Crippen LogP contribution in [-0.4, -0.2) is 58.7 Å². The molecule has 0 radical (unpaired) electrons. The summed E-state index contributed by atoms with van der Waals surface area (Å²) in [6, 6.07) is 20.3. The summed E-state index contributed by atoms with van der Waals surface area (Å²) in [7, 11) is -9.10. The van der Waals surface area contributed by atoms with Crippen LogP contribution in [0.3, 0.4) is 0 Å². The molecular formula is C30H21ClN7Na3O11S3. The van der Waals surface area contributed by atoms with Gasteiger partial charge in [-0.1, -0.05) is 42.5 Å². The Labute approximate surface area is 389 Å². The van der Waals surface area contributed by atoms with Crippen LogP contribution in [0.1, 0.15) is 31.8 Å². The Morgan fingerprint density at radius 3 is 1.84 bits per heavy atom. The largest absolute Gasteiger partial charge is 1.00 e. The van der Waals surface area contributed by atoms with Crippen molar-refractivity contribution in [2.45, 2.75) is 9.79 Å². The molecule has 0 fully saturated rings. The number of aromatic nitrogens is 3. The number of carbonyl (C=O) groups is 2. The minimum Gasteiger partial charge on any atom is -0.748 e. The van der Waals surface area contributed by atoms with Gasteiger partial charge in [0.15, 0.2) is 11.6 Å². The van der Waals surface area contributed by atoms with Gasteiger partial charge in [-0.3, -0.25) is 14.6 Å². The fourth-order valence-electron chi connectivity index (χ4n) is 4.81. The van der Waals surface area contributed by atoms with Crippen LogP contribution in [0.5, 0.6) is 0 Å². The van der Waals surface area contributed by atoms with E-state index >= 15 is 0 Å². The number of nitrogens with two attached hydrogens (primary N) is 1. The SMILES string of the molecule is CS(=O)(=O)[O-].Nc1c(S(=O)(=O)[O-])cc(Nc2ccc(Nc3nc(Cl)nc(Nc4ccccc4)n3)c(SOO[O-])c2)c2c1C(=O)c1ccccc1C2=O.[Na+].[Na+].[Na+]. The third-order valence-corrected chi connectivity index (χ3v) is 8.45. The van der Waals surface area contributed by atoms with Gasteiger partial charge in [-0.15, -0.1) is 0 Å². The topological polar surface area (TPSA) is 291 Å². The maximum Gasteiger partial charge on any atom is 1.00 e.